The lowest BCUT2D eigenvalue weighted by molar-refractivity contribution is 0.394. The van der Waals surface area contributed by atoms with Gasteiger partial charge in [-0.1, -0.05) is 6.07 Å². The molecule has 1 aliphatic rings. The molecule has 2 heterocycles. The van der Waals surface area contributed by atoms with Crippen LogP contribution < -0.4 is 10.6 Å². The van der Waals surface area contributed by atoms with Crippen LogP contribution >= 0.6 is 35.3 Å². The van der Waals surface area contributed by atoms with Gasteiger partial charge in [-0.25, -0.2) is 0 Å². The van der Waals surface area contributed by atoms with Gasteiger partial charge in [0.25, 0.3) is 0 Å². The molecular formula is C13H23IN4S. The lowest BCUT2D eigenvalue weighted by atomic mass is 10.1. The molecule has 1 aromatic heterocycles. The van der Waals surface area contributed by atoms with Crippen molar-refractivity contribution in [3.8, 4) is 0 Å². The number of thiophene rings is 1. The Kier molecular flexibility index (Phi) is 7.70. The van der Waals surface area contributed by atoms with Crippen LogP contribution in [0.2, 0.25) is 0 Å². The van der Waals surface area contributed by atoms with Crippen LogP contribution in [0.15, 0.2) is 22.5 Å². The molecule has 0 bridgehead atoms. The van der Waals surface area contributed by atoms with E-state index >= 15 is 0 Å². The van der Waals surface area contributed by atoms with Gasteiger partial charge in [-0.15, -0.1) is 35.3 Å². The van der Waals surface area contributed by atoms with Crippen molar-refractivity contribution in [3.05, 3.63) is 22.4 Å². The smallest absolute Gasteiger partial charge is 0.191 e. The predicted octanol–water partition coefficient (Wildman–Crippen LogP) is 1.98. The van der Waals surface area contributed by atoms with Crippen LogP contribution in [0, 0.1) is 5.92 Å². The highest BCUT2D eigenvalue weighted by atomic mass is 127. The second kappa shape index (κ2) is 8.76. The number of nitrogens with one attached hydrogen (secondary N) is 2. The van der Waals surface area contributed by atoms with Crippen LogP contribution in [0.1, 0.15) is 11.3 Å². The van der Waals surface area contributed by atoms with E-state index in [1.165, 1.54) is 24.4 Å². The molecule has 1 aromatic rings. The Morgan fingerprint density at radius 3 is 2.95 bits per heavy atom. The average molecular weight is 394 g/mol. The van der Waals surface area contributed by atoms with Crippen molar-refractivity contribution in [3.63, 3.8) is 0 Å². The van der Waals surface area contributed by atoms with E-state index in [1.807, 2.05) is 7.05 Å². The predicted molar refractivity (Wildman–Crippen MR) is 93.5 cm³/mol. The maximum Gasteiger partial charge on any atom is 0.191 e. The summed E-state index contributed by atoms with van der Waals surface area (Å²) in [4.78, 5) is 7.97. The fourth-order valence-electron chi connectivity index (χ4n) is 2.24. The molecule has 0 spiro atoms. The first kappa shape index (κ1) is 16.7. The summed E-state index contributed by atoms with van der Waals surface area (Å²) in [5, 5.41) is 8.85. The summed E-state index contributed by atoms with van der Waals surface area (Å²) in [7, 11) is 4.01. The number of halogens is 1. The second-order valence-electron chi connectivity index (χ2n) is 4.80. The van der Waals surface area contributed by atoms with Gasteiger partial charge in [-0.2, -0.15) is 0 Å². The monoisotopic (exact) mass is 394 g/mol. The van der Waals surface area contributed by atoms with E-state index < -0.39 is 0 Å². The van der Waals surface area contributed by atoms with Crippen LogP contribution in [0.4, 0.5) is 0 Å². The van der Waals surface area contributed by atoms with Crippen molar-refractivity contribution in [2.45, 2.75) is 13.0 Å². The highest BCUT2D eigenvalue weighted by Gasteiger charge is 2.19. The first-order chi connectivity index (χ1) is 8.78. The van der Waals surface area contributed by atoms with Gasteiger partial charge >= 0.3 is 0 Å². The van der Waals surface area contributed by atoms with Crippen LogP contribution in [0.5, 0.6) is 0 Å². The van der Waals surface area contributed by atoms with Crippen molar-refractivity contribution >= 4 is 41.3 Å². The van der Waals surface area contributed by atoms with Gasteiger partial charge < -0.3 is 15.5 Å². The van der Waals surface area contributed by atoms with Crippen LogP contribution in [0.3, 0.4) is 0 Å². The Balaban J connectivity index is 0.00000180. The van der Waals surface area contributed by atoms with Crippen molar-refractivity contribution in [2.75, 3.05) is 33.7 Å². The number of rotatable bonds is 4. The standard InChI is InChI=1S/C13H22N4S.HI/c1-14-13(16-9-12-4-3-7-18-12)15-8-11-5-6-17(2)10-11;/h3-4,7,11H,5-6,8-10H2,1-2H3,(H2,14,15,16);1H. The first-order valence-electron chi connectivity index (χ1n) is 6.43. The van der Waals surface area contributed by atoms with Crippen LogP contribution in [-0.4, -0.2) is 44.6 Å². The van der Waals surface area contributed by atoms with Crippen molar-refractivity contribution in [2.24, 2.45) is 10.9 Å². The fraction of sp³-hybridized carbons (Fsp3) is 0.615. The third kappa shape index (κ3) is 5.66. The highest BCUT2D eigenvalue weighted by molar-refractivity contribution is 14.0. The maximum absolute atomic E-state index is 4.25. The summed E-state index contributed by atoms with van der Waals surface area (Å²) >= 11 is 1.77. The highest BCUT2D eigenvalue weighted by Crippen LogP contribution is 2.12. The summed E-state index contributed by atoms with van der Waals surface area (Å²) in [6.45, 7) is 4.26. The van der Waals surface area contributed by atoms with E-state index in [2.05, 4.69) is 45.1 Å². The number of hydrogen-bond acceptors (Lipinski definition) is 3. The molecule has 0 saturated carbocycles. The second-order valence-corrected chi connectivity index (χ2v) is 5.84. The number of nitrogens with zero attached hydrogens (tertiary/aromatic N) is 2. The summed E-state index contributed by atoms with van der Waals surface area (Å²) < 4.78 is 0. The molecule has 0 amide bonds. The normalized spacial score (nSPS) is 20.1. The van der Waals surface area contributed by atoms with E-state index in [0.29, 0.717) is 0 Å². The molecule has 4 nitrogen and oxygen atoms in total. The first-order valence-corrected chi connectivity index (χ1v) is 7.31. The van der Waals surface area contributed by atoms with Crippen molar-refractivity contribution in [1.29, 1.82) is 0 Å². The molecule has 6 heteroatoms. The number of guanidine groups is 1. The third-order valence-corrected chi connectivity index (χ3v) is 4.16. The van der Waals surface area contributed by atoms with Gasteiger partial charge in [-0.3, -0.25) is 4.99 Å². The summed E-state index contributed by atoms with van der Waals surface area (Å²) in [6, 6.07) is 4.21. The molecule has 0 aliphatic carbocycles. The van der Waals surface area contributed by atoms with Gasteiger partial charge in [0.1, 0.15) is 0 Å². The third-order valence-electron chi connectivity index (χ3n) is 3.28. The zero-order valence-corrected chi connectivity index (χ0v) is 14.7. The molecule has 108 valence electrons. The minimum Gasteiger partial charge on any atom is -0.356 e. The molecule has 2 N–H and O–H groups in total. The fourth-order valence-corrected chi connectivity index (χ4v) is 2.88. The zero-order valence-electron chi connectivity index (χ0n) is 11.6. The van der Waals surface area contributed by atoms with E-state index in [-0.39, 0.29) is 24.0 Å². The van der Waals surface area contributed by atoms with Crippen LogP contribution in [-0.2, 0) is 6.54 Å². The Morgan fingerprint density at radius 1 is 1.53 bits per heavy atom. The Hall–Kier alpha value is -0.340. The van der Waals surface area contributed by atoms with Crippen LogP contribution in [0.25, 0.3) is 0 Å². The van der Waals surface area contributed by atoms with E-state index in [1.54, 1.807) is 11.3 Å². The minimum absolute atomic E-state index is 0. The van der Waals surface area contributed by atoms with E-state index in [0.717, 1.165) is 25.0 Å². The number of hydrogen-bond donors (Lipinski definition) is 2. The zero-order chi connectivity index (χ0) is 12.8. The molecular weight excluding hydrogens is 371 g/mol. The Morgan fingerprint density at radius 2 is 2.37 bits per heavy atom. The number of likely N-dealkylation sites (tertiary alicyclic amines) is 1. The summed E-state index contributed by atoms with van der Waals surface area (Å²) in [6.07, 6.45) is 1.28. The molecule has 0 radical (unpaired) electrons. The molecule has 0 aromatic carbocycles. The topological polar surface area (TPSA) is 39.7 Å². The van der Waals surface area contributed by atoms with Gasteiger partial charge in [0.05, 0.1) is 6.54 Å². The average Bonchev–Trinajstić information content (AvgIpc) is 3.01. The minimum atomic E-state index is 0. The molecule has 2 rings (SSSR count). The lowest BCUT2D eigenvalue weighted by Crippen LogP contribution is -2.39. The molecule has 1 unspecified atom stereocenters. The number of aliphatic imine (C=N–C) groups is 1. The van der Waals surface area contributed by atoms with Gasteiger partial charge in [0.15, 0.2) is 5.96 Å². The van der Waals surface area contributed by atoms with Gasteiger partial charge in [0.2, 0.25) is 0 Å². The Labute approximate surface area is 136 Å². The van der Waals surface area contributed by atoms with E-state index in [9.17, 15) is 0 Å². The lowest BCUT2D eigenvalue weighted by Gasteiger charge is -2.15. The summed E-state index contributed by atoms with van der Waals surface area (Å²) in [5.41, 5.74) is 0. The quantitative estimate of drug-likeness (QED) is 0.466. The van der Waals surface area contributed by atoms with Crippen molar-refractivity contribution < 1.29 is 0 Å². The van der Waals surface area contributed by atoms with Gasteiger partial charge in [-0.05, 0) is 37.4 Å². The SMILES string of the molecule is CN=C(NCc1cccs1)NCC1CCN(C)C1.I. The molecule has 1 fully saturated rings. The van der Waals surface area contributed by atoms with Crippen molar-refractivity contribution in [1.82, 2.24) is 15.5 Å². The maximum atomic E-state index is 4.25. The van der Waals surface area contributed by atoms with Gasteiger partial charge in [0, 0.05) is 25.0 Å². The summed E-state index contributed by atoms with van der Waals surface area (Å²) in [5.74, 6) is 1.65. The Bertz CT molecular complexity index is 380. The molecule has 1 saturated heterocycles. The molecule has 19 heavy (non-hydrogen) atoms. The molecule has 1 aliphatic heterocycles. The largest absolute Gasteiger partial charge is 0.356 e. The van der Waals surface area contributed by atoms with E-state index in [4.69, 9.17) is 0 Å². The molecule has 1 atom stereocenters.